The molecule has 0 aromatic rings. The van der Waals surface area contributed by atoms with E-state index in [1.54, 1.807) is 0 Å². The van der Waals surface area contributed by atoms with Crippen LogP contribution in [0.4, 0.5) is 4.79 Å². The average molecular weight is 289 g/mol. The van der Waals surface area contributed by atoms with Gasteiger partial charge < -0.3 is 25.6 Å². The summed E-state index contributed by atoms with van der Waals surface area (Å²) in [4.78, 5) is 34.8. The van der Waals surface area contributed by atoms with Gasteiger partial charge >= 0.3 is 18.0 Å². The van der Waals surface area contributed by atoms with Gasteiger partial charge in [0.15, 0.2) is 0 Å². The fourth-order valence-corrected chi connectivity index (χ4v) is 1.74. The lowest BCUT2D eigenvalue weighted by Gasteiger charge is -2.26. The van der Waals surface area contributed by atoms with Crippen LogP contribution in [0.5, 0.6) is 0 Å². The van der Waals surface area contributed by atoms with E-state index in [9.17, 15) is 14.4 Å². The van der Waals surface area contributed by atoms with Crippen molar-refractivity contribution in [3.05, 3.63) is 0 Å². The molecular formula is C11H19N3O6. The van der Waals surface area contributed by atoms with Crippen molar-refractivity contribution in [2.24, 2.45) is 0 Å². The van der Waals surface area contributed by atoms with Crippen molar-refractivity contribution in [3.8, 4) is 0 Å². The number of nitrogens with one attached hydrogen (secondary N) is 2. The highest BCUT2D eigenvalue weighted by Gasteiger charge is 2.22. The standard InChI is InChI=1S/C11H19N3O6/c15-9(16)7-8(10(17)18)13-11(19)12-1-2-14-3-5-20-6-4-14/h8H,1-7H2,(H,15,16)(H,17,18)(H2,12,13,19)/t8-/m1/s1. The molecule has 1 fully saturated rings. The van der Waals surface area contributed by atoms with Gasteiger partial charge in [0, 0.05) is 26.2 Å². The van der Waals surface area contributed by atoms with Crippen molar-refractivity contribution in [1.29, 1.82) is 0 Å². The van der Waals surface area contributed by atoms with Gasteiger partial charge in [0.1, 0.15) is 6.04 Å². The molecule has 0 aromatic heterocycles. The molecule has 1 saturated heterocycles. The summed E-state index contributed by atoms with van der Waals surface area (Å²) < 4.78 is 5.18. The number of carboxylic acids is 2. The number of rotatable bonds is 7. The number of hydrogen-bond acceptors (Lipinski definition) is 5. The first-order valence-electron chi connectivity index (χ1n) is 6.28. The molecule has 0 aliphatic carbocycles. The molecule has 1 heterocycles. The monoisotopic (exact) mass is 289 g/mol. The lowest BCUT2D eigenvalue weighted by molar-refractivity contribution is -0.145. The van der Waals surface area contributed by atoms with E-state index in [0.29, 0.717) is 26.3 Å². The van der Waals surface area contributed by atoms with Crippen LogP contribution in [0.3, 0.4) is 0 Å². The number of ether oxygens (including phenoxy) is 1. The Hall–Kier alpha value is -1.87. The molecule has 1 aliphatic heterocycles. The van der Waals surface area contributed by atoms with E-state index in [1.165, 1.54) is 0 Å². The van der Waals surface area contributed by atoms with Crippen LogP contribution in [0.1, 0.15) is 6.42 Å². The zero-order valence-electron chi connectivity index (χ0n) is 11.0. The van der Waals surface area contributed by atoms with Crippen LogP contribution in [0.2, 0.25) is 0 Å². The first-order chi connectivity index (χ1) is 9.49. The van der Waals surface area contributed by atoms with Crippen LogP contribution in [-0.4, -0.2) is 78.5 Å². The quantitative estimate of drug-likeness (QED) is 0.451. The number of carbonyl (C=O) groups excluding carboxylic acids is 1. The maximum Gasteiger partial charge on any atom is 0.326 e. The second-order valence-corrected chi connectivity index (χ2v) is 4.34. The average Bonchev–Trinajstić information content (AvgIpc) is 2.38. The maximum atomic E-state index is 11.5. The van der Waals surface area contributed by atoms with Crippen molar-refractivity contribution in [1.82, 2.24) is 15.5 Å². The number of urea groups is 1. The fraction of sp³-hybridized carbons (Fsp3) is 0.727. The fourth-order valence-electron chi connectivity index (χ4n) is 1.74. The zero-order chi connectivity index (χ0) is 15.0. The van der Waals surface area contributed by atoms with Crippen molar-refractivity contribution in [2.45, 2.75) is 12.5 Å². The Kier molecular flexibility index (Phi) is 6.74. The highest BCUT2D eigenvalue weighted by Crippen LogP contribution is 1.95. The van der Waals surface area contributed by atoms with Gasteiger partial charge in [-0.3, -0.25) is 9.69 Å². The van der Waals surface area contributed by atoms with Gasteiger partial charge in [-0.05, 0) is 0 Å². The highest BCUT2D eigenvalue weighted by molar-refractivity contribution is 5.86. The van der Waals surface area contributed by atoms with Gasteiger partial charge in [-0.25, -0.2) is 9.59 Å². The van der Waals surface area contributed by atoms with E-state index in [1.807, 2.05) is 0 Å². The predicted molar refractivity (Wildman–Crippen MR) is 67.5 cm³/mol. The molecule has 1 rings (SSSR count). The molecule has 0 spiro atoms. The summed E-state index contributed by atoms with van der Waals surface area (Å²) in [6.45, 7) is 3.89. The summed E-state index contributed by atoms with van der Waals surface area (Å²) in [6.07, 6.45) is -0.660. The van der Waals surface area contributed by atoms with Crippen molar-refractivity contribution >= 4 is 18.0 Å². The molecule has 114 valence electrons. The largest absolute Gasteiger partial charge is 0.481 e. The van der Waals surface area contributed by atoms with Crippen LogP contribution >= 0.6 is 0 Å². The van der Waals surface area contributed by atoms with Crippen molar-refractivity contribution < 1.29 is 29.3 Å². The first kappa shape index (κ1) is 16.2. The molecule has 0 aromatic carbocycles. The number of hydrogen-bond donors (Lipinski definition) is 4. The maximum absolute atomic E-state index is 11.5. The Morgan fingerprint density at radius 3 is 2.40 bits per heavy atom. The Balaban J connectivity index is 2.23. The molecule has 9 nitrogen and oxygen atoms in total. The number of amides is 2. The summed E-state index contributed by atoms with van der Waals surface area (Å²) in [5.74, 6) is -2.67. The lowest BCUT2D eigenvalue weighted by Crippen LogP contribution is -2.49. The summed E-state index contributed by atoms with van der Waals surface area (Å²) in [5.41, 5.74) is 0. The van der Waals surface area contributed by atoms with Crippen LogP contribution in [0.25, 0.3) is 0 Å². The summed E-state index contributed by atoms with van der Waals surface area (Å²) in [6, 6.07) is -2.12. The van der Waals surface area contributed by atoms with Gasteiger partial charge in [-0.15, -0.1) is 0 Å². The van der Waals surface area contributed by atoms with Gasteiger partial charge in [-0.2, -0.15) is 0 Å². The normalized spacial score (nSPS) is 17.2. The zero-order valence-corrected chi connectivity index (χ0v) is 11.0. The third-order valence-electron chi connectivity index (χ3n) is 2.80. The molecule has 0 unspecified atom stereocenters. The van der Waals surface area contributed by atoms with Gasteiger partial charge in [0.05, 0.1) is 19.6 Å². The van der Waals surface area contributed by atoms with E-state index in [4.69, 9.17) is 14.9 Å². The molecule has 0 saturated carbocycles. The predicted octanol–water partition coefficient (Wildman–Crippen LogP) is -1.45. The molecule has 1 aliphatic rings. The van der Waals surface area contributed by atoms with Crippen LogP contribution in [-0.2, 0) is 14.3 Å². The van der Waals surface area contributed by atoms with Gasteiger partial charge in [-0.1, -0.05) is 0 Å². The Morgan fingerprint density at radius 1 is 1.20 bits per heavy atom. The minimum atomic E-state index is -1.43. The Labute approximate surface area is 115 Å². The van der Waals surface area contributed by atoms with E-state index in [-0.39, 0.29) is 0 Å². The van der Waals surface area contributed by atoms with Gasteiger partial charge in [0.2, 0.25) is 0 Å². The molecule has 4 N–H and O–H groups in total. The highest BCUT2D eigenvalue weighted by atomic mass is 16.5. The van der Waals surface area contributed by atoms with Crippen LogP contribution in [0.15, 0.2) is 0 Å². The smallest absolute Gasteiger partial charge is 0.326 e. The Bertz CT molecular complexity index is 356. The number of carbonyl (C=O) groups is 3. The molecule has 2 amide bonds. The van der Waals surface area contributed by atoms with Crippen molar-refractivity contribution in [2.75, 3.05) is 39.4 Å². The topological polar surface area (TPSA) is 128 Å². The van der Waals surface area contributed by atoms with E-state index < -0.39 is 30.4 Å². The molecule has 0 bridgehead atoms. The molecule has 9 heteroatoms. The number of carboxylic acid groups (broad SMARTS) is 2. The first-order valence-corrected chi connectivity index (χ1v) is 6.28. The number of nitrogens with zero attached hydrogens (tertiary/aromatic N) is 1. The second-order valence-electron chi connectivity index (χ2n) is 4.34. The third-order valence-corrected chi connectivity index (χ3v) is 2.80. The lowest BCUT2D eigenvalue weighted by atomic mass is 10.2. The second kappa shape index (κ2) is 8.33. The summed E-state index contributed by atoms with van der Waals surface area (Å²) in [5, 5.41) is 21.9. The minimum Gasteiger partial charge on any atom is -0.481 e. The van der Waals surface area contributed by atoms with Crippen LogP contribution in [0, 0.1) is 0 Å². The van der Waals surface area contributed by atoms with Crippen molar-refractivity contribution in [3.63, 3.8) is 0 Å². The van der Waals surface area contributed by atoms with Gasteiger partial charge in [0.25, 0.3) is 0 Å². The molecule has 20 heavy (non-hydrogen) atoms. The van der Waals surface area contributed by atoms with E-state index in [2.05, 4.69) is 15.5 Å². The molecule has 0 radical (unpaired) electrons. The third kappa shape index (κ3) is 6.34. The van der Waals surface area contributed by atoms with E-state index in [0.717, 1.165) is 13.1 Å². The summed E-state index contributed by atoms with van der Waals surface area (Å²) >= 11 is 0. The minimum absolute atomic E-state index is 0.352. The molecular weight excluding hydrogens is 270 g/mol. The number of aliphatic carboxylic acids is 2. The molecule has 1 atom stereocenters. The number of morpholine rings is 1. The van der Waals surface area contributed by atoms with Crippen LogP contribution < -0.4 is 10.6 Å². The Morgan fingerprint density at radius 2 is 1.85 bits per heavy atom. The SMILES string of the molecule is O=C(O)C[C@@H](NC(=O)NCCN1CCOCC1)C(=O)O. The van der Waals surface area contributed by atoms with E-state index >= 15 is 0 Å². The summed E-state index contributed by atoms with van der Waals surface area (Å²) in [7, 11) is 0.